The van der Waals surface area contributed by atoms with Gasteiger partial charge in [-0.2, -0.15) is 0 Å². The first-order valence-electron chi connectivity index (χ1n) is 10.0. The number of thiophene rings is 1. The molecule has 6 heteroatoms. The fourth-order valence-corrected chi connectivity index (χ4v) is 5.45. The van der Waals surface area contributed by atoms with Crippen LogP contribution >= 0.6 is 11.3 Å². The number of ether oxygens (including phenoxy) is 1. The van der Waals surface area contributed by atoms with Gasteiger partial charge in [0, 0.05) is 4.88 Å². The Bertz CT molecular complexity index is 650. The van der Waals surface area contributed by atoms with Crippen molar-refractivity contribution in [3.63, 3.8) is 0 Å². The molecule has 1 aliphatic heterocycles. The molecular formula is C20H31N2O3S+. The van der Waals surface area contributed by atoms with E-state index in [4.69, 9.17) is 4.74 Å². The van der Waals surface area contributed by atoms with Crippen LogP contribution in [0.3, 0.4) is 0 Å². The van der Waals surface area contributed by atoms with Crippen molar-refractivity contribution in [2.75, 3.05) is 31.6 Å². The average Bonchev–Trinajstić information content (AvgIpc) is 2.98. The summed E-state index contributed by atoms with van der Waals surface area (Å²) in [5.74, 6) is 0.347. The maximum Gasteiger partial charge on any atom is 0.341 e. The summed E-state index contributed by atoms with van der Waals surface area (Å²) in [6.07, 6.45) is 7.32. The van der Waals surface area contributed by atoms with Gasteiger partial charge in [0.25, 0.3) is 0 Å². The van der Waals surface area contributed by atoms with Gasteiger partial charge in [-0.1, -0.05) is 6.92 Å². The van der Waals surface area contributed by atoms with Crippen molar-refractivity contribution in [2.45, 2.75) is 58.8 Å². The van der Waals surface area contributed by atoms with E-state index in [9.17, 15) is 9.59 Å². The Labute approximate surface area is 160 Å². The van der Waals surface area contributed by atoms with Gasteiger partial charge in [0.15, 0.2) is 0 Å². The summed E-state index contributed by atoms with van der Waals surface area (Å²) in [6, 6.07) is 0. The molecule has 0 aromatic carbocycles. The van der Waals surface area contributed by atoms with Gasteiger partial charge in [-0.15, -0.1) is 11.3 Å². The molecule has 1 aliphatic carbocycles. The topological polar surface area (TPSA) is 59.8 Å². The van der Waals surface area contributed by atoms with Crippen LogP contribution in [0.5, 0.6) is 0 Å². The molecule has 2 aliphatic rings. The van der Waals surface area contributed by atoms with Crippen LogP contribution in [-0.4, -0.2) is 38.1 Å². The van der Waals surface area contributed by atoms with Crippen LogP contribution in [0.15, 0.2) is 0 Å². The number of quaternary nitrogens is 1. The predicted molar refractivity (Wildman–Crippen MR) is 104 cm³/mol. The summed E-state index contributed by atoms with van der Waals surface area (Å²) in [5.41, 5.74) is 1.71. The molecule has 5 nitrogen and oxygen atoms in total. The van der Waals surface area contributed by atoms with E-state index in [-0.39, 0.29) is 11.9 Å². The Morgan fingerprint density at radius 3 is 2.77 bits per heavy atom. The van der Waals surface area contributed by atoms with Crippen molar-refractivity contribution < 1.29 is 19.2 Å². The third-order valence-corrected chi connectivity index (χ3v) is 6.68. The van der Waals surface area contributed by atoms with E-state index in [1.54, 1.807) is 11.3 Å². The number of fused-ring (bicyclic) bond motifs is 1. The van der Waals surface area contributed by atoms with Crippen LogP contribution in [0, 0.1) is 5.92 Å². The highest BCUT2D eigenvalue weighted by Crippen LogP contribution is 2.40. The molecule has 0 spiro atoms. The fourth-order valence-electron chi connectivity index (χ4n) is 4.04. The van der Waals surface area contributed by atoms with Crippen molar-refractivity contribution in [2.24, 2.45) is 5.92 Å². The largest absolute Gasteiger partial charge is 0.462 e. The van der Waals surface area contributed by atoms with Crippen LogP contribution in [0.2, 0.25) is 0 Å². The van der Waals surface area contributed by atoms with Gasteiger partial charge < -0.3 is 15.0 Å². The zero-order valence-corrected chi connectivity index (χ0v) is 16.8. The van der Waals surface area contributed by atoms with Gasteiger partial charge in [-0.05, 0) is 56.9 Å². The molecule has 1 aromatic rings. The maximum atomic E-state index is 12.5. The van der Waals surface area contributed by atoms with E-state index in [1.807, 2.05) is 6.92 Å². The highest BCUT2D eigenvalue weighted by Gasteiger charge is 2.29. The van der Waals surface area contributed by atoms with Gasteiger partial charge >= 0.3 is 5.97 Å². The molecule has 2 heterocycles. The molecular weight excluding hydrogens is 348 g/mol. The number of hydrogen-bond acceptors (Lipinski definition) is 4. The van der Waals surface area contributed by atoms with Gasteiger partial charge in [-0.3, -0.25) is 4.79 Å². The van der Waals surface area contributed by atoms with Crippen LogP contribution in [0.1, 0.15) is 66.8 Å². The quantitative estimate of drug-likeness (QED) is 0.747. The number of anilines is 1. The second-order valence-electron chi connectivity index (χ2n) is 7.64. The zero-order chi connectivity index (χ0) is 18.5. The molecule has 1 unspecified atom stereocenters. The third kappa shape index (κ3) is 4.65. The summed E-state index contributed by atoms with van der Waals surface area (Å²) >= 11 is 1.57. The van der Waals surface area contributed by atoms with E-state index >= 15 is 0 Å². The summed E-state index contributed by atoms with van der Waals surface area (Å²) in [6.45, 7) is 7.64. The van der Waals surface area contributed by atoms with E-state index in [0.29, 0.717) is 29.5 Å². The number of piperidine rings is 1. The molecule has 1 fully saturated rings. The molecule has 144 valence electrons. The number of carbonyl (C=O) groups excluding carboxylic acids is 2. The molecule has 1 aromatic heterocycles. The molecule has 0 radical (unpaired) electrons. The normalized spacial score (nSPS) is 20.5. The number of likely N-dealkylation sites (tertiary alicyclic amines) is 1. The van der Waals surface area contributed by atoms with E-state index < -0.39 is 0 Å². The lowest BCUT2D eigenvalue weighted by atomic mass is 9.88. The number of rotatable bonds is 6. The Kier molecular flexibility index (Phi) is 6.70. The molecule has 0 saturated carbocycles. The Morgan fingerprint density at radius 2 is 2.04 bits per heavy atom. The lowest BCUT2D eigenvalue weighted by Gasteiger charge is -2.23. The van der Waals surface area contributed by atoms with Crippen molar-refractivity contribution in [1.82, 2.24) is 0 Å². The monoisotopic (exact) mass is 379 g/mol. The number of esters is 1. The van der Waals surface area contributed by atoms with E-state index in [2.05, 4.69) is 12.2 Å². The first-order chi connectivity index (χ1) is 12.6. The fraction of sp³-hybridized carbons (Fsp3) is 0.700. The molecule has 0 bridgehead atoms. The highest BCUT2D eigenvalue weighted by atomic mass is 32.1. The molecule has 1 saturated heterocycles. The molecule has 1 atom stereocenters. The second kappa shape index (κ2) is 9.00. The number of hydrogen-bond donors (Lipinski definition) is 2. The van der Waals surface area contributed by atoms with Crippen LogP contribution in [0.25, 0.3) is 0 Å². The maximum absolute atomic E-state index is 12.5. The smallest absolute Gasteiger partial charge is 0.341 e. The minimum absolute atomic E-state index is 0.0141. The Balaban J connectivity index is 1.69. The Hall–Kier alpha value is -1.40. The summed E-state index contributed by atoms with van der Waals surface area (Å²) < 4.78 is 5.27. The number of amides is 1. The molecule has 1 amide bonds. The standard InChI is InChI=1S/C20H30N2O3S/c1-3-25-20(24)18-15-8-7-14(2)13-16(15)26-19(18)21-17(23)9-12-22-10-5-4-6-11-22/h14H,3-13H2,1-2H3,(H,21,23)/p+1. The zero-order valence-electron chi connectivity index (χ0n) is 16.0. The molecule has 3 rings (SSSR count). The van der Waals surface area contributed by atoms with E-state index in [0.717, 1.165) is 31.4 Å². The van der Waals surface area contributed by atoms with Crippen LogP contribution in [0.4, 0.5) is 5.00 Å². The van der Waals surface area contributed by atoms with Crippen molar-refractivity contribution in [1.29, 1.82) is 0 Å². The summed E-state index contributed by atoms with van der Waals surface area (Å²) in [4.78, 5) is 27.8. The van der Waals surface area contributed by atoms with Crippen molar-refractivity contribution >= 4 is 28.2 Å². The number of nitrogens with one attached hydrogen (secondary N) is 2. The molecule has 26 heavy (non-hydrogen) atoms. The van der Waals surface area contributed by atoms with Gasteiger partial charge in [0.05, 0.1) is 38.2 Å². The first kappa shape index (κ1) is 19.4. The Morgan fingerprint density at radius 1 is 1.27 bits per heavy atom. The summed E-state index contributed by atoms with van der Waals surface area (Å²) in [5, 5.41) is 3.72. The first-order valence-corrected chi connectivity index (χ1v) is 10.8. The summed E-state index contributed by atoms with van der Waals surface area (Å²) in [7, 11) is 0. The van der Waals surface area contributed by atoms with Crippen LogP contribution < -0.4 is 10.2 Å². The predicted octanol–water partition coefficient (Wildman–Crippen LogP) is 2.45. The second-order valence-corrected chi connectivity index (χ2v) is 8.74. The SMILES string of the molecule is CCOC(=O)c1c(NC(=O)CC[NH+]2CCCCC2)sc2c1CCC(C)C2. The lowest BCUT2D eigenvalue weighted by Crippen LogP contribution is -3.12. The lowest BCUT2D eigenvalue weighted by molar-refractivity contribution is -0.904. The third-order valence-electron chi connectivity index (χ3n) is 5.51. The van der Waals surface area contributed by atoms with Crippen molar-refractivity contribution in [3.05, 3.63) is 16.0 Å². The highest BCUT2D eigenvalue weighted by molar-refractivity contribution is 7.17. The average molecular weight is 380 g/mol. The van der Waals surface area contributed by atoms with Crippen molar-refractivity contribution in [3.8, 4) is 0 Å². The minimum Gasteiger partial charge on any atom is -0.462 e. The van der Waals surface area contributed by atoms with Gasteiger partial charge in [-0.25, -0.2) is 4.79 Å². The van der Waals surface area contributed by atoms with E-state index in [1.165, 1.54) is 42.1 Å². The number of carbonyl (C=O) groups is 2. The van der Waals surface area contributed by atoms with Gasteiger partial charge in [0.2, 0.25) is 5.91 Å². The van der Waals surface area contributed by atoms with Gasteiger partial charge in [0.1, 0.15) is 5.00 Å². The molecule has 2 N–H and O–H groups in total. The minimum atomic E-state index is -0.295. The van der Waals surface area contributed by atoms with Crippen LogP contribution in [-0.2, 0) is 22.4 Å².